The molecule has 0 aromatic carbocycles. The number of nitrogens with two attached hydrogens (primary N) is 1. The van der Waals surface area contributed by atoms with Crippen LogP contribution < -0.4 is 11.1 Å². The maximum absolute atomic E-state index is 12.2. The molecule has 114 valence electrons. The van der Waals surface area contributed by atoms with Crippen LogP contribution in [0.1, 0.15) is 59.3 Å². The van der Waals surface area contributed by atoms with Gasteiger partial charge in [-0.2, -0.15) is 0 Å². The van der Waals surface area contributed by atoms with Crippen molar-refractivity contribution in [2.75, 3.05) is 6.54 Å². The predicted molar refractivity (Wildman–Crippen MR) is 80.3 cm³/mol. The van der Waals surface area contributed by atoms with E-state index in [0.717, 1.165) is 25.7 Å². The summed E-state index contributed by atoms with van der Waals surface area (Å²) < 4.78 is 0. The van der Waals surface area contributed by atoms with Crippen molar-refractivity contribution in [1.82, 2.24) is 5.32 Å². The van der Waals surface area contributed by atoms with E-state index in [4.69, 9.17) is 5.73 Å². The van der Waals surface area contributed by atoms with Gasteiger partial charge in [0.2, 0.25) is 5.91 Å². The molecule has 1 aliphatic rings. The van der Waals surface area contributed by atoms with Crippen molar-refractivity contribution in [2.24, 2.45) is 11.1 Å². The molecule has 1 saturated carbocycles. The van der Waals surface area contributed by atoms with Gasteiger partial charge < -0.3 is 16.2 Å². The Kier molecular flexibility index (Phi) is 7.33. The largest absolute Gasteiger partial charge is 0.393 e. The average Bonchev–Trinajstić information content (AvgIpc) is 2.25. The normalized spacial score (nSPS) is 20.3. The van der Waals surface area contributed by atoms with Crippen molar-refractivity contribution in [3.63, 3.8) is 0 Å². The molecule has 0 heterocycles. The topological polar surface area (TPSA) is 75.3 Å². The number of hydrogen-bond acceptors (Lipinski definition) is 3. The van der Waals surface area contributed by atoms with Crippen LogP contribution in [-0.4, -0.2) is 29.2 Å². The van der Waals surface area contributed by atoms with E-state index >= 15 is 0 Å². The first-order chi connectivity index (χ1) is 8.25. The highest BCUT2D eigenvalue weighted by atomic mass is 35.5. The number of aliphatic hydroxyl groups is 1. The summed E-state index contributed by atoms with van der Waals surface area (Å²) in [6.07, 6.45) is 5.16. The standard InChI is InChI=1S/C14H28N2O2.ClH/c1-11(17)9-13(2,3)10-16-12(18)14(15)7-5-4-6-8-14;/h11,17H,4-10,15H2,1-3H3,(H,16,18);1H. The van der Waals surface area contributed by atoms with Crippen LogP contribution in [0.2, 0.25) is 0 Å². The lowest BCUT2D eigenvalue weighted by molar-refractivity contribution is -0.128. The molecule has 0 saturated heterocycles. The van der Waals surface area contributed by atoms with Crippen LogP contribution in [0.15, 0.2) is 0 Å². The minimum Gasteiger partial charge on any atom is -0.393 e. The van der Waals surface area contributed by atoms with Crippen LogP contribution in [0.5, 0.6) is 0 Å². The maximum atomic E-state index is 12.2. The summed E-state index contributed by atoms with van der Waals surface area (Å²) in [7, 11) is 0. The quantitative estimate of drug-likeness (QED) is 0.725. The van der Waals surface area contributed by atoms with Crippen molar-refractivity contribution in [1.29, 1.82) is 0 Å². The summed E-state index contributed by atoms with van der Waals surface area (Å²) in [4.78, 5) is 12.2. The van der Waals surface area contributed by atoms with E-state index in [2.05, 4.69) is 5.32 Å². The number of carbonyl (C=O) groups is 1. The van der Waals surface area contributed by atoms with Gasteiger partial charge >= 0.3 is 0 Å². The summed E-state index contributed by atoms with van der Waals surface area (Å²) in [5.74, 6) is -0.0270. The number of rotatable bonds is 5. The molecule has 1 unspecified atom stereocenters. The van der Waals surface area contributed by atoms with Gasteiger partial charge in [-0.1, -0.05) is 33.1 Å². The molecule has 1 aliphatic carbocycles. The van der Waals surface area contributed by atoms with Gasteiger partial charge in [0.1, 0.15) is 0 Å². The van der Waals surface area contributed by atoms with Crippen LogP contribution in [0.4, 0.5) is 0 Å². The van der Waals surface area contributed by atoms with Crippen molar-refractivity contribution < 1.29 is 9.90 Å². The van der Waals surface area contributed by atoms with E-state index < -0.39 is 5.54 Å². The number of amides is 1. The second-order valence-corrected chi connectivity index (χ2v) is 6.62. The summed E-state index contributed by atoms with van der Waals surface area (Å²) >= 11 is 0. The molecule has 1 rings (SSSR count). The van der Waals surface area contributed by atoms with Crippen LogP contribution in [-0.2, 0) is 4.79 Å². The number of aliphatic hydroxyl groups excluding tert-OH is 1. The molecule has 0 bridgehead atoms. The minimum absolute atomic E-state index is 0. The Labute approximate surface area is 122 Å². The summed E-state index contributed by atoms with van der Waals surface area (Å²) in [5.41, 5.74) is 5.40. The Balaban J connectivity index is 0.00000324. The number of halogens is 1. The zero-order valence-corrected chi connectivity index (χ0v) is 13.2. The van der Waals surface area contributed by atoms with Crippen LogP contribution >= 0.6 is 12.4 Å². The fourth-order valence-corrected chi connectivity index (χ4v) is 2.78. The van der Waals surface area contributed by atoms with Gasteiger partial charge in [-0.25, -0.2) is 0 Å². The van der Waals surface area contributed by atoms with E-state index in [1.807, 2.05) is 13.8 Å². The lowest BCUT2D eigenvalue weighted by Gasteiger charge is -2.34. The highest BCUT2D eigenvalue weighted by molar-refractivity contribution is 5.86. The molecule has 1 atom stereocenters. The highest BCUT2D eigenvalue weighted by Gasteiger charge is 2.35. The third-order valence-electron chi connectivity index (χ3n) is 3.77. The van der Waals surface area contributed by atoms with Gasteiger partial charge in [-0.05, 0) is 31.6 Å². The Morgan fingerprint density at radius 1 is 1.37 bits per heavy atom. The molecule has 4 nitrogen and oxygen atoms in total. The Morgan fingerprint density at radius 2 is 1.89 bits per heavy atom. The first-order valence-corrected chi connectivity index (χ1v) is 7.00. The zero-order valence-electron chi connectivity index (χ0n) is 12.4. The lowest BCUT2D eigenvalue weighted by atomic mass is 9.81. The zero-order chi connectivity index (χ0) is 13.8. The molecule has 1 fully saturated rings. The van der Waals surface area contributed by atoms with Gasteiger partial charge in [0.05, 0.1) is 11.6 Å². The second-order valence-electron chi connectivity index (χ2n) is 6.62. The first kappa shape index (κ1) is 18.7. The predicted octanol–water partition coefficient (Wildman–Crippen LogP) is 1.98. The Bertz CT molecular complexity index is 287. The van der Waals surface area contributed by atoms with E-state index in [-0.39, 0.29) is 29.8 Å². The molecule has 0 radical (unpaired) electrons. The minimum atomic E-state index is -0.667. The average molecular weight is 293 g/mol. The SMILES string of the molecule is CC(O)CC(C)(C)CNC(=O)C1(N)CCCCC1.Cl. The van der Waals surface area contributed by atoms with E-state index in [9.17, 15) is 9.90 Å². The summed E-state index contributed by atoms with van der Waals surface area (Å²) in [6, 6.07) is 0. The van der Waals surface area contributed by atoms with E-state index in [0.29, 0.717) is 13.0 Å². The molecule has 5 heteroatoms. The van der Waals surface area contributed by atoms with Gasteiger partial charge in [0, 0.05) is 6.54 Å². The Hall–Kier alpha value is -0.320. The van der Waals surface area contributed by atoms with Crippen molar-refractivity contribution >= 4 is 18.3 Å². The fourth-order valence-electron chi connectivity index (χ4n) is 2.78. The monoisotopic (exact) mass is 292 g/mol. The van der Waals surface area contributed by atoms with Gasteiger partial charge in [-0.3, -0.25) is 4.79 Å². The van der Waals surface area contributed by atoms with Crippen molar-refractivity contribution in [2.45, 2.75) is 70.9 Å². The Morgan fingerprint density at radius 3 is 2.37 bits per heavy atom. The molecule has 19 heavy (non-hydrogen) atoms. The molecule has 1 amide bonds. The lowest BCUT2D eigenvalue weighted by Crippen LogP contribution is -2.56. The first-order valence-electron chi connectivity index (χ1n) is 7.00. The van der Waals surface area contributed by atoms with Gasteiger partial charge in [0.25, 0.3) is 0 Å². The van der Waals surface area contributed by atoms with Gasteiger partial charge in [-0.15, -0.1) is 12.4 Å². The van der Waals surface area contributed by atoms with Crippen molar-refractivity contribution in [3.8, 4) is 0 Å². The van der Waals surface area contributed by atoms with Gasteiger partial charge in [0.15, 0.2) is 0 Å². The van der Waals surface area contributed by atoms with Crippen LogP contribution in [0.25, 0.3) is 0 Å². The second kappa shape index (κ2) is 7.46. The fraction of sp³-hybridized carbons (Fsp3) is 0.929. The third kappa shape index (κ3) is 6.11. The van der Waals surface area contributed by atoms with E-state index in [1.54, 1.807) is 6.92 Å². The molecular weight excluding hydrogens is 264 g/mol. The molecule has 4 N–H and O–H groups in total. The molecule has 0 aliphatic heterocycles. The number of nitrogens with one attached hydrogen (secondary N) is 1. The number of hydrogen-bond donors (Lipinski definition) is 3. The smallest absolute Gasteiger partial charge is 0.240 e. The van der Waals surface area contributed by atoms with Crippen LogP contribution in [0.3, 0.4) is 0 Å². The molecular formula is C14H29ClN2O2. The summed E-state index contributed by atoms with van der Waals surface area (Å²) in [5, 5.41) is 12.4. The molecule has 0 spiro atoms. The summed E-state index contributed by atoms with van der Waals surface area (Å²) in [6.45, 7) is 6.43. The van der Waals surface area contributed by atoms with E-state index in [1.165, 1.54) is 6.42 Å². The molecule has 0 aromatic heterocycles. The van der Waals surface area contributed by atoms with Crippen molar-refractivity contribution in [3.05, 3.63) is 0 Å². The van der Waals surface area contributed by atoms with Crippen LogP contribution in [0, 0.1) is 5.41 Å². The molecule has 0 aromatic rings. The number of carbonyl (C=O) groups excluding carboxylic acids is 1. The third-order valence-corrected chi connectivity index (χ3v) is 3.77. The highest BCUT2D eigenvalue weighted by Crippen LogP contribution is 2.27. The maximum Gasteiger partial charge on any atom is 0.240 e.